The van der Waals surface area contributed by atoms with E-state index >= 15 is 0 Å². The smallest absolute Gasteiger partial charge is 0.277 e. The summed E-state index contributed by atoms with van der Waals surface area (Å²) in [4.78, 5) is 11.9. The summed E-state index contributed by atoms with van der Waals surface area (Å²) in [5.74, 6) is 0.933. The van der Waals surface area contributed by atoms with Crippen molar-refractivity contribution in [3.63, 3.8) is 0 Å². The summed E-state index contributed by atoms with van der Waals surface area (Å²) in [7, 11) is 1.59. The van der Waals surface area contributed by atoms with E-state index in [1.165, 1.54) is 6.21 Å². The van der Waals surface area contributed by atoms with Gasteiger partial charge in [-0.3, -0.25) is 4.79 Å². The average molecular weight is 385 g/mol. The minimum Gasteiger partial charge on any atom is -0.497 e. The number of rotatable bonds is 7. The van der Waals surface area contributed by atoms with Crippen LogP contribution in [0.15, 0.2) is 77.9 Å². The molecule has 0 radical (unpaired) electrons. The molecule has 0 aliphatic carbocycles. The number of nitrogens with one attached hydrogen (secondary N) is 1. The van der Waals surface area contributed by atoms with Gasteiger partial charge in [0.1, 0.15) is 11.5 Å². The van der Waals surface area contributed by atoms with E-state index in [9.17, 15) is 4.79 Å². The highest BCUT2D eigenvalue weighted by Gasteiger charge is 2.03. The maximum absolute atomic E-state index is 11.9. The Kier molecular flexibility index (Phi) is 6.58. The maximum atomic E-state index is 11.9. The second-order valence-electron chi connectivity index (χ2n) is 6.07. The number of methoxy groups -OCH3 is 1. The number of hydrazone groups is 1. The Morgan fingerprint density at radius 2 is 1.72 bits per heavy atom. The summed E-state index contributed by atoms with van der Waals surface area (Å²) in [5.41, 5.74) is 5.85. The number of hydrogen-bond donors (Lipinski definition) is 1. The van der Waals surface area contributed by atoms with Crippen molar-refractivity contribution >= 4 is 12.1 Å². The van der Waals surface area contributed by atoms with Crippen LogP contribution >= 0.6 is 0 Å². The quantitative estimate of drug-likeness (QED) is 0.496. The predicted molar refractivity (Wildman–Crippen MR) is 111 cm³/mol. The number of amides is 1. The van der Waals surface area contributed by atoms with E-state index in [0.717, 1.165) is 16.7 Å². The number of nitriles is 1. The lowest BCUT2D eigenvalue weighted by Gasteiger charge is -2.07. The van der Waals surface area contributed by atoms with Crippen LogP contribution in [0.25, 0.3) is 11.1 Å². The van der Waals surface area contributed by atoms with Crippen LogP contribution < -0.4 is 14.9 Å². The van der Waals surface area contributed by atoms with E-state index in [2.05, 4.69) is 16.6 Å². The highest BCUT2D eigenvalue weighted by molar-refractivity contribution is 5.83. The number of carbonyl (C=O) groups excluding carboxylic acids is 1. The lowest BCUT2D eigenvalue weighted by Crippen LogP contribution is -2.24. The molecule has 1 amide bonds. The van der Waals surface area contributed by atoms with E-state index < -0.39 is 0 Å². The Morgan fingerprint density at radius 1 is 1.03 bits per heavy atom. The lowest BCUT2D eigenvalue weighted by molar-refractivity contribution is -0.123. The molecule has 6 heteroatoms. The maximum Gasteiger partial charge on any atom is 0.277 e. The van der Waals surface area contributed by atoms with Gasteiger partial charge in [0.2, 0.25) is 0 Å². The largest absolute Gasteiger partial charge is 0.497 e. The third-order valence-corrected chi connectivity index (χ3v) is 4.07. The minimum absolute atomic E-state index is 0.147. The van der Waals surface area contributed by atoms with Crippen LogP contribution in [-0.2, 0) is 4.79 Å². The molecule has 6 nitrogen and oxygen atoms in total. The zero-order valence-electron chi connectivity index (χ0n) is 15.8. The number of nitrogens with zero attached hydrogens (tertiary/aromatic N) is 2. The van der Waals surface area contributed by atoms with Gasteiger partial charge < -0.3 is 9.47 Å². The molecule has 3 aromatic rings. The SMILES string of the molecule is COc1cccc(C=NNC(=O)COc2ccc(-c3ccc(C#N)cc3)cc2)c1. The zero-order valence-corrected chi connectivity index (χ0v) is 15.8. The number of ether oxygens (including phenoxy) is 2. The molecule has 0 aromatic heterocycles. The van der Waals surface area contributed by atoms with E-state index in [1.807, 2.05) is 48.5 Å². The van der Waals surface area contributed by atoms with Gasteiger partial charge in [0.25, 0.3) is 5.91 Å². The van der Waals surface area contributed by atoms with Crippen LogP contribution in [0.3, 0.4) is 0 Å². The monoisotopic (exact) mass is 385 g/mol. The first-order chi connectivity index (χ1) is 14.2. The molecule has 0 aliphatic rings. The molecule has 1 N–H and O–H groups in total. The summed E-state index contributed by atoms with van der Waals surface area (Å²) in [6, 6.07) is 24.1. The first-order valence-corrected chi connectivity index (χ1v) is 8.87. The van der Waals surface area contributed by atoms with Crippen LogP contribution in [0.2, 0.25) is 0 Å². The standard InChI is InChI=1S/C23H19N3O3/c1-28-22-4-2-3-18(13-22)15-25-26-23(27)16-29-21-11-9-20(10-12-21)19-7-5-17(14-24)6-8-19/h2-13,15H,16H2,1H3,(H,26,27). The molecule has 0 heterocycles. The Hall–Kier alpha value is -4.11. The van der Waals surface area contributed by atoms with Crippen LogP contribution in [0.4, 0.5) is 0 Å². The molecule has 0 saturated heterocycles. The Morgan fingerprint density at radius 3 is 2.38 bits per heavy atom. The van der Waals surface area contributed by atoms with Crippen molar-refractivity contribution in [2.45, 2.75) is 0 Å². The molecule has 0 spiro atoms. The molecule has 0 fully saturated rings. The number of benzene rings is 3. The molecule has 144 valence electrons. The summed E-state index contributed by atoms with van der Waals surface area (Å²) in [6.45, 7) is -0.147. The van der Waals surface area contributed by atoms with Gasteiger partial charge in [-0.2, -0.15) is 10.4 Å². The fourth-order valence-corrected chi connectivity index (χ4v) is 2.56. The molecule has 0 unspecified atom stereocenters. The average Bonchev–Trinajstić information content (AvgIpc) is 2.78. The van der Waals surface area contributed by atoms with E-state index in [1.54, 1.807) is 31.4 Å². The summed E-state index contributed by atoms with van der Waals surface area (Å²) >= 11 is 0. The van der Waals surface area contributed by atoms with Crippen molar-refractivity contribution in [3.05, 3.63) is 83.9 Å². The molecule has 0 atom stereocenters. The van der Waals surface area contributed by atoms with Gasteiger partial charge in [0.15, 0.2) is 6.61 Å². The van der Waals surface area contributed by atoms with E-state index in [0.29, 0.717) is 17.1 Å². The van der Waals surface area contributed by atoms with Crippen molar-refractivity contribution < 1.29 is 14.3 Å². The van der Waals surface area contributed by atoms with Crippen molar-refractivity contribution in [2.24, 2.45) is 5.10 Å². The first kappa shape index (κ1) is 19.6. The fourth-order valence-electron chi connectivity index (χ4n) is 2.56. The van der Waals surface area contributed by atoms with Crippen molar-refractivity contribution in [1.82, 2.24) is 5.43 Å². The molecule has 0 bridgehead atoms. The summed E-state index contributed by atoms with van der Waals surface area (Å²) in [5, 5.41) is 12.8. The molecule has 3 rings (SSSR count). The Labute approximate surface area is 169 Å². The number of hydrogen-bond acceptors (Lipinski definition) is 5. The van der Waals surface area contributed by atoms with Crippen molar-refractivity contribution in [2.75, 3.05) is 13.7 Å². The molecular weight excluding hydrogens is 366 g/mol. The molecule has 0 aliphatic heterocycles. The van der Waals surface area contributed by atoms with E-state index in [4.69, 9.17) is 14.7 Å². The fraction of sp³-hybridized carbons (Fsp3) is 0.0870. The summed E-state index contributed by atoms with van der Waals surface area (Å²) < 4.78 is 10.6. The van der Waals surface area contributed by atoms with Gasteiger partial charge in [-0.1, -0.05) is 36.4 Å². The molecule has 29 heavy (non-hydrogen) atoms. The topological polar surface area (TPSA) is 83.7 Å². The third kappa shape index (κ3) is 5.68. The van der Waals surface area contributed by atoms with Gasteiger partial charge >= 0.3 is 0 Å². The number of carbonyl (C=O) groups is 1. The van der Waals surface area contributed by atoms with Crippen molar-refractivity contribution in [1.29, 1.82) is 5.26 Å². The second kappa shape index (κ2) is 9.72. The minimum atomic E-state index is -0.361. The van der Waals surface area contributed by atoms with Gasteiger partial charge in [-0.05, 0) is 53.1 Å². The van der Waals surface area contributed by atoms with Crippen LogP contribution in [0.1, 0.15) is 11.1 Å². The second-order valence-corrected chi connectivity index (χ2v) is 6.07. The summed E-state index contributed by atoms with van der Waals surface area (Å²) in [6.07, 6.45) is 1.53. The van der Waals surface area contributed by atoms with Gasteiger partial charge in [-0.15, -0.1) is 0 Å². The Bertz CT molecular complexity index is 1040. The van der Waals surface area contributed by atoms with Crippen molar-refractivity contribution in [3.8, 4) is 28.7 Å². The van der Waals surface area contributed by atoms with Gasteiger partial charge in [0.05, 0.1) is 25.0 Å². The van der Waals surface area contributed by atoms with Gasteiger partial charge in [0, 0.05) is 0 Å². The zero-order chi connectivity index (χ0) is 20.5. The highest BCUT2D eigenvalue weighted by Crippen LogP contribution is 2.22. The molecule has 3 aromatic carbocycles. The van der Waals surface area contributed by atoms with Crippen LogP contribution in [0.5, 0.6) is 11.5 Å². The van der Waals surface area contributed by atoms with Gasteiger partial charge in [-0.25, -0.2) is 5.43 Å². The lowest BCUT2D eigenvalue weighted by atomic mass is 10.0. The predicted octanol–water partition coefficient (Wildman–Crippen LogP) is 3.76. The first-order valence-electron chi connectivity index (χ1n) is 8.87. The normalized spacial score (nSPS) is 10.3. The van der Waals surface area contributed by atoms with E-state index in [-0.39, 0.29) is 12.5 Å². The molecular formula is C23H19N3O3. The van der Waals surface area contributed by atoms with Crippen LogP contribution in [0, 0.1) is 11.3 Å². The molecule has 0 saturated carbocycles. The third-order valence-electron chi connectivity index (χ3n) is 4.07. The Balaban J connectivity index is 1.49. The highest BCUT2D eigenvalue weighted by atomic mass is 16.5. The van der Waals surface area contributed by atoms with Crippen LogP contribution in [-0.4, -0.2) is 25.8 Å².